The van der Waals surface area contributed by atoms with Gasteiger partial charge in [0.25, 0.3) is 0 Å². The molecular formula is C20H17F3N2O5S3. The molecule has 2 heterocycles. The number of amides is 1. The maximum Gasteiger partial charge on any atom is 0.427 e. The molecule has 2 N–H and O–H groups in total. The number of carboxylic acids is 1. The van der Waals surface area contributed by atoms with Crippen LogP contribution in [0.1, 0.15) is 27.2 Å². The summed E-state index contributed by atoms with van der Waals surface area (Å²) in [5, 5.41) is 11.7. The van der Waals surface area contributed by atoms with Crippen LogP contribution in [0.25, 0.3) is 10.2 Å². The number of fused-ring (bicyclic) bond motifs is 1. The number of alkyl halides is 3. The third-order valence-corrected chi connectivity index (χ3v) is 7.19. The summed E-state index contributed by atoms with van der Waals surface area (Å²) in [6.07, 6.45) is -3.34. The number of aliphatic carboxylic acids is 1. The third-order valence-electron chi connectivity index (χ3n) is 4.06. The van der Waals surface area contributed by atoms with Gasteiger partial charge >= 0.3 is 12.1 Å². The molecular weight excluding hydrogens is 501 g/mol. The molecule has 0 unspecified atom stereocenters. The smallest absolute Gasteiger partial charge is 0.427 e. The number of carbonyl (C=O) groups is 3. The van der Waals surface area contributed by atoms with Gasteiger partial charge in [0.1, 0.15) is 10.8 Å². The van der Waals surface area contributed by atoms with Crippen molar-refractivity contribution < 1.29 is 37.4 Å². The Kier molecular flexibility index (Phi) is 7.97. The molecule has 0 aliphatic rings. The summed E-state index contributed by atoms with van der Waals surface area (Å²) in [5.41, 5.74) is 0.605. The summed E-state index contributed by atoms with van der Waals surface area (Å²) in [5.74, 6) is -2.52. The first-order valence-corrected chi connectivity index (χ1v) is 12.2. The topological polar surface area (TPSA) is 106 Å². The minimum atomic E-state index is -3.96. The zero-order valence-electron chi connectivity index (χ0n) is 17.0. The number of anilines is 1. The molecule has 7 nitrogen and oxygen atoms in total. The number of ketones is 1. The van der Waals surface area contributed by atoms with Gasteiger partial charge in [0.15, 0.2) is 11.7 Å². The van der Waals surface area contributed by atoms with Gasteiger partial charge in [-0.15, -0.1) is 34.4 Å². The SMILES string of the molecule is CCc1cc(C(=O)c2nc3ccc(OC(F)(F)CF)cc3s2)c(NC(=O)CSCC(=O)O)s1. The third kappa shape index (κ3) is 6.45. The molecule has 3 rings (SSSR count). The number of thiazole rings is 1. The average Bonchev–Trinajstić information content (AvgIpc) is 3.36. The molecule has 0 bridgehead atoms. The van der Waals surface area contributed by atoms with Gasteiger partial charge in [-0.3, -0.25) is 14.4 Å². The van der Waals surface area contributed by atoms with Crippen molar-refractivity contribution in [1.29, 1.82) is 0 Å². The van der Waals surface area contributed by atoms with Crippen LogP contribution >= 0.6 is 34.4 Å². The van der Waals surface area contributed by atoms with Crippen LogP contribution in [0.5, 0.6) is 5.75 Å². The molecule has 33 heavy (non-hydrogen) atoms. The second kappa shape index (κ2) is 10.5. The van der Waals surface area contributed by atoms with E-state index in [0.29, 0.717) is 21.6 Å². The molecule has 1 aromatic carbocycles. The summed E-state index contributed by atoms with van der Waals surface area (Å²) in [6, 6.07) is 5.50. The number of thiophene rings is 1. The van der Waals surface area contributed by atoms with Gasteiger partial charge in [-0.25, -0.2) is 9.37 Å². The lowest BCUT2D eigenvalue weighted by Gasteiger charge is -2.13. The van der Waals surface area contributed by atoms with Crippen molar-refractivity contribution in [2.24, 2.45) is 0 Å². The number of nitrogens with zero attached hydrogens (tertiary/aromatic N) is 1. The lowest BCUT2D eigenvalue weighted by Crippen LogP contribution is -2.26. The molecule has 0 atom stereocenters. The van der Waals surface area contributed by atoms with Crippen molar-refractivity contribution in [3.05, 3.63) is 39.7 Å². The highest BCUT2D eigenvalue weighted by atomic mass is 32.2. The van der Waals surface area contributed by atoms with E-state index in [0.717, 1.165) is 28.0 Å². The van der Waals surface area contributed by atoms with Gasteiger partial charge in [-0.05, 0) is 30.7 Å². The molecule has 1 amide bonds. The zero-order valence-corrected chi connectivity index (χ0v) is 19.5. The number of carbonyl (C=O) groups excluding carboxylic acids is 2. The fourth-order valence-electron chi connectivity index (χ4n) is 2.65. The van der Waals surface area contributed by atoms with Gasteiger partial charge < -0.3 is 15.2 Å². The number of carboxylic acid groups (broad SMARTS) is 1. The minimum Gasteiger partial charge on any atom is -0.481 e. The number of hydrogen-bond acceptors (Lipinski definition) is 8. The molecule has 0 radical (unpaired) electrons. The molecule has 0 fully saturated rings. The predicted octanol–water partition coefficient (Wildman–Crippen LogP) is 4.85. The number of ether oxygens (including phenoxy) is 1. The van der Waals surface area contributed by atoms with Crippen molar-refractivity contribution in [3.63, 3.8) is 0 Å². The molecule has 0 aliphatic heterocycles. The fraction of sp³-hybridized carbons (Fsp3) is 0.300. The Hall–Kier alpha value is -2.64. The zero-order chi connectivity index (χ0) is 24.2. The maximum atomic E-state index is 13.2. The van der Waals surface area contributed by atoms with E-state index < -0.39 is 30.4 Å². The number of halogens is 3. The highest BCUT2D eigenvalue weighted by Gasteiger charge is 2.32. The Labute approximate surface area is 198 Å². The second-order valence-electron chi connectivity index (χ2n) is 6.59. The fourth-order valence-corrected chi connectivity index (χ4v) is 5.14. The van der Waals surface area contributed by atoms with Gasteiger partial charge in [-0.2, -0.15) is 8.78 Å². The summed E-state index contributed by atoms with van der Waals surface area (Å²) >= 11 is 3.11. The molecule has 176 valence electrons. The minimum absolute atomic E-state index is 0.0793. The number of benzene rings is 1. The molecule has 0 saturated carbocycles. The second-order valence-corrected chi connectivity index (χ2v) is 9.75. The van der Waals surface area contributed by atoms with Crippen molar-refractivity contribution in [1.82, 2.24) is 4.98 Å². The Morgan fingerprint density at radius 3 is 2.64 bits per heavy atom. The van der Waals surface area contributed by atoms with E-state index in [4.69, 9.17) is 5.11 Å². The predicted molar refractivity (Wildman–Crippen MR) is 122 cm³/mol. The van der Waals surface area contributed by atoms with E-state index in [2.05, 4.69) is 15.0 Å². The van der Waals surface area contributed by atoms with Gasteiger partial charge in [0, 0.05) is 4.88 Å². The quantitative estimate of drug-likeness (QED) is 0.350. The van der Waals surface area contributed by atoms with Crippen LogP contribution in [-0.2, 0) is 16.0 Å². The normalized spacial score (nSPS) is 11.5. The number of rotatable bonds is 11. The van der Waals surface area contributed by atoms with E-state index >= 15 is 0 Å². The summed E-state index contributed by atoms with van der Waals surface area (Å²) in [4.78, 5) is 41.0. The average molecular weight is 519 g/mol. The van der Waals surface area contributed by atoms with E-state index in [-0.39, 0.29) is 27.8 Å². The van der Waals surface area contributed by atoms with Crippen molar-refractivity contribution >= 4 is 67.3 Å². The number of thioether (sulfide) groups is 1. The molecule has 0 aliphatic carbocycles. The maximum absolute atomic E-state index is 13.2. The van der Waals surface area contributed by atoms with E-state index in [9.17, 15) is 27.6 Å². The molecule has 3 aromatic rings. The van der Waals surface area contributed by atoms with Crippen LogP contribution in [-0.4, -0.2) is 52.0 Å². The highest BCUT2D eigenvalue weighted by molar-refractivity contribution is 8.00. The number of hydrogen-bond donors (Lipinski definition) is 2. The first-order chi connectivity index (χ1) is 15.6. The first-order valence-electron chi connectivity index (χ1n) is 9.42. The Balaban J connectivity index is 1.83. The number of aryl methyl sites for hydroxylation is 1. The standard InChI is InChI=1S/C20H17F3N2O5S3/c1-2-11-6-12(18(32-11)25-15(26)7-31-8-16(27)28)17(29)19-24-13-4-3-10(5-14(13)33-19)30-20(22,23)9-21/h3-6H,2,7-9H2,1H3,(H,25,26)(H,27,28). The van der Waals surface area contributed by atoms with Crippen molar-refractivity contribution in [2.75, 3.05) is 23.5 Å². The Morgan fingerprint density at radius 1 is 1.21 bits per heavy atom. The van der Waals surface area contributed by atoms with Gasteiger partial charge in [-0.1, -0.05) is 6.92 Å². The van der Waals surface area contributed by atoms with Crippen molar-refractivity contribution in [3.8, 4) is 5.75 Å². The summed E-state index contributed by atoms with van der Waals surface area (Å²) in [7, 11) is 0. The van der Waals surface area contributed by atoms with E-state index in [1.807, 2.05) is 6.92 Å². The number of nitrogens with one attached hydrogen (secondary N) is 1. The Bertz CT molecular complexity index is 1200. The van der Waals surface area contributed by atoms with Crippen molar-refractivity contribution in [2.45, 2.75) is 19.5 Å². The van der Waals surface area contributed by atoms with Crippen LogP contribution < -0.4 is 10.1 Å². The summed E-state index contributed by atoms with van der Waals surface area (Å²) in [6.45, 7) is -0.0838. The van der Waals surface area contributed by atoms with Crippen LogP contribution in [0.2, 0.25) is 0 Å². The first kappa shape index (κ1) is 25.0. The van der Waals surface area contributed by atoms with Gasteiger partial charge in [0.2, 0.25) is 11.7 Å². The van der Waals surface area contributed by atoms with E-state index in [1.54, 1.807) is 6.07 Å². The van der Waals surface area contributed by atoms with Crippen LogP contribution in [0.4, 0.5) is 18.2 Å². The van der Waals surface area contributed by atoms with E-state index in [1.165, 1.54) is 29.5 Å². The van der Waals surface area contributed by atoms with Gasteiger partial charge in [0.05, 0.1) is 27.3 Å². The lowest BCUT2D eigenvalue weighted by atomic mass is 10.2. The number of aromatic nitrogens is 1. The highest BCUT2D eigenvalue weighted by Crippen LogP contribution is 2.34. The molecule has 0 saturated heterocycles. The monoisotopic (exact) mass is 518 g/mol. The molecule has 13 heteroatoms. The van der Waals surface area contributed by atoms with Crippen LogP contribution in [0.15, 0.2) is 24.3 Å². The molecule has 0 spiro atoms. The largest absolute Gasteiger partial charge is 0.481 e. The van der Waals surface area contributed by atoms with Crippen LogP contribution in [0.3, 0.4) is 0 Å². The van der Waals surface area contributed by atoms with Crippen LogP contribution in [0, 0.1) is 0 Å². The Morgan fingerprint density at radius 2 is 1.97 bits per heavy atom. The lowest BCUT2D eigenvalue weighted by molar-refractivity contribution is -0.186. The molecule has 2 aromatic heterocycles. The summed E-state index contributed by atoms with van der Waals surface area (Å²) < 4.78 is 43.4.